The van der Waals surface area contributed by atoms with Crippen LogP contribution in [-0.2, 0) is 13.6 Å². The normalized spacial score (nSPS) is 10.5. The van der Waals surface area contributed by atoms with Crippen LogP contribution in [0.3, 0.4) is 0 Å². The zero-order chi connectivity index (χ0) is 25.7. The lowest BCUT2D eigenvalue weighted by atomic mass is 10.1. The minimum Gasteiger partial charge on any atom is -0.465 e. The molecule has 0 aliphatic carbocycles. The molecule has 0 aliphatic heterocycles. The number of aromatic nitrogens is 2. The average molecular weight is 504 g/mol. The van der Waals surface area contributed by atoms with E-state index in [1.807, 2.05) is 12.1 Å². The molecule has 4 rings (SSSR count). The van der Waals surface area contributed by atoms with Crippen molar-refractivity contribution in [2.45, 2.75) is 6.54 Å². The molecule has 36 heavy (non-hydrogen) atoms. The zero-order valence-electron chi connectivity index (χ0n) is 19.2. The van der Waals surface area contributed by atoms with Crippen molar-refractivity contribution in [3.05, 3.63) is 101 Å². The Morgan fingerprint density at radius 2 is 1.67 bits per heavy atom. The quantitative estimate of drug-likeness (QED) is 0.282. The van der Waals surface area contributed by atoms with Crippen molar-refractivity contribution >= 4 is 41.0 Å². The van der Waals surface area contributed by atoms with Crippen molar-refractivity contribution in [2.24, 2.45) is 7.05 Å². The maximum absolute atomic E-state index is 12.8. The monoisotopic (exact) mass is 503 g/mol. The molecule has 4 aromatic rings. The molecule has 0 spiro atoms. The Bertz CT molecular complexity index is 1430. The van der Waals surface area contributed by atoms with Crippen LogP contribution in [0.5, 0.6) is 0 Å². The second-order valence-electron chi connectivity index (χ2n) is 7.86. The minimum absolute atomic E-state index is 0.0984. The van der Waals surface area contributed by atoms with Crippen molar-refractivity contribution in [1.29, 1.82) is 0 Å². The number of halogens is 1. The molecular weight excluding hydrogens is 482 g/mol. The van der Waals surface area contributed by atoms with Gasteiger partial charge in [0, 0.05) is 36.5 Å². The fourth-order valence-electron chi connectivity index (χ4n) is 3.48. The number of hydrogen-bond acceptors (Lipinski definition) is 4. The Kier molecular flexibility index (Phi) is 7.31. The first-order valence-electron chi connectivity index (χ1n) is 10.9. The molecule has 0 unspecified atom stereocenters. The third-order valence-corrected chi connectivity index (χ3v) is 5.64. The van der Waals surface area contributed by atoms with E-state index in [9.17, 15) is 14.4 Å². The molecule has 0 fully saturated rings. The highest BCUT2D eigenvalue weighted by Crippen LogP contribution is 2.24. The number of anilines is 2. The third kappa shape index (κ3) is 5.89. The summed E-state index contributed by atoms with van der Waals surface area (Å²) in [6.07, 6.45) is -1.14. The maximum atomic E-state index is 12.8. The van der Waals surface area contributed by atoms with Gasteiger partial charge in [-0.1, -0.05) is 48.0 Å². The van der Waals surface area contributed by atoms with Crippen LogP contribution in [0, 0.1) is 0 Å². The summed E-state index contributed by atoms with van der Waals surface area (Å²) in [5.41, 5.74) is 3.47. The Hall–Kier alpha value is -4.63. The first-order chi connectivity index (χ1) is 17.3. The number of aryl methyl sites for hydroxylation is 1. The lowest BCUT2D eigenvalue weighted by Gasteiger charge is -2.07. The van der Waals surface area contributed by atoms with Gasteiger partial charge < -0.3 is 21.1 Å². The van der Waals surface area contributed by atoms with E-state index in [1.54, 1.807) is 78.5 Å². The molecule has 182 valence electrons. The van der Waals surface area contributed by atoms with Crippen molar-refractivity contribution in [2.75, 3.05) is 10.6 Å². The molecule has 1 heterocycles. The Morgan fingerprint density at radius 3 is 2.39 bits per heavy atom. The van der Waals surface area contributed by atoms with E-state index in [0.717, 1.165) is 5.56 Å². The number of nitrogens with one attached hydrogen (secondary N) is 3. The van der Waals surface area contributed by atoms with Crippen LogP contribution in [-0.4, -0.2) is 32.8 Å². The van der Waals surface area contributed by atoms with E-state index in [1.165, 1.54) is 0 Å². The van der Waals surface area contributed by atoms with Crippen LogP contribution in [0.15, 0.2) is 78.9 Å². The maximum Gasteiger partial charge on any atom is 0.404 e. The van der Waals surface area contributed by atoms with Crippen LogP contribution in [0.2, 0.25) is 5.02 Å². The summed E-state index contributed by atoms with van der Waals surface area (Å²) in [6, 6.07) is 22.4. The first-order valence-corrected chi connectivity index (χ1v) is 11.3. The Morgan fingerprint density at radius 1 is 0.917 bits per heavy atom. The molecule has 0 saturated carbocycles. The molecule has 3 aromatic carbocycles. The minimum atomic E-state index is -1.14. The third-order valence-electron chi connectivity index (χ3n) is 5.31. The number of rotatable bonds is 7. The Balaban J connectivity index is 1.43. The zero-order valence-corrected chi connectivity index (χ0v) is 19.9. The second kappa shape index (κ2) is 10.7. The topological polar surface area (TPSA) is 125 Å². The summed E-state index contributed by atoms with van der Waals surface area (Å²) < 4.78 is 1.55. The highest BCUT2D eigenvalue weighted by atomic mass is 35.5. The smallest absolute Gasteiger partial charge is 0.404 e. The van der Waals surface area contributed by atoms with Gasteiger partial charge in [-0.05, 0) is 42.0 Å². The number of amides is 3. The summed E-state index contributed by atoms with van der Waals surface area (Å²) >= 11 is 6.09. The van der Waals surface area contributed by atoms with E-state index in [-0.39, 0.29) is 18.4 Å². The van der Waals surface area contributed by atoms with Gasteiger partial charge in [-0.2, -0.15) is 5.10 Å². The summed E-state index contributed by atoms with van der Waals surface area (Å²) in [4.78, 5) is 35.9. The first kappa shape index (κ1) is 24.5. The van der Waals surface area contributed by atoms with E-state index >= 15 is 0 Å². The summed E-state index contributed by atoms with van der Waals surface area (Å²) in [7, 11) is 1.71. The predicted octanol–water partition coefficient (Wildman–Crippen LogP) is 5.01. The number of carbonyl (C=O) groups is 3. The lowest BCUT2D eigenvalue weighted by Crippen LogP contribution is -2.20. The highest BCUT2D eigenvalue weighted by molar-refractivity contribution is 6.34. The molecule has 0 bridgehead atoms. The second-order valence-corrected chi connectivity index (χ2v) is 8.27. The summed E-state index contributed by atoms with van der Waals surface area (Å²) in [5.74, 6) is -0.168. The van der Waals surface area contributed by atoms with Crippen LogP contribution < -0.4 is 16.0 Å². The molecule has 10 heteroatoms. The van der Waals surface area contributed by atoms with Gasteiger partial charge in [-0.15, -0.1) is 0 Å². The van der Waals surface area contributed by atoms with Crippen molar-refractivity contribution < 1.29 is 19.5 Å². The summed E-state index contributed by atoms with van der Waals surface area (Å²) in [5, 5.41) is 21.5. The number of carbonyl (C=O) groups excluding carboxylic acids is 2. The molecule has 0 radical (unpaired) electrons. The van der Waals surface area contributed by atoms with Gasteiger partial charge in [0.25, 0.3) is 11.8 Å². The standard InChI is InChI=1S/C26H22ClN5O4/c1-32-23(30-24(33)18-6-4-5-16(13-18)15-28-26(35)36)14-22(31-32)17-9-11-19(12-10-17)29-25(34)20-7-2-3-8-21(20)27/h2-14,28H,15H2,1H3,(H,29,34)(H,30,33)(H,35,36). The predicted molar refractivity (Wildman–Crippen MR) is 137 cm³/mol. The number of benzene rings is 3. The average Bonchev–Trinajstić information content (AvgIpc) is 3.23. The number of carboxylic acid groups (broad SMARTS) is 1. The van der Waals surface area contributed by atoms with Crippen molar-refractivity contribution in [3.63, 3.8) is 0 Å². The van der Waals surface area contributed by atoms with Crippen molar-refractivity contribution in [1.82, 2.24) is 15.1 Å². The molecule has 9 nitrogen and oxygen atoms in total. The van der Waals surface area contributed by atoms with E-state index in [0.29, 0.717) is 38.9 Å². The molecular formula is C26H22ClN5O4. The van der Waals surface area contributed by atoms with Crippen LogP contribution in [0.4, 0.5) is 16.3 Å². The molecule has 0 atom stereocenters. The van der Waals surface area contributed by atoms with Gasteiger partial charge in [-0.3, -0.25) is 14.3 Å². The van der Waals surface area contributed by atoms with Crippen LogP contribution >= 0.6 is 11.6 Å². The SMILES string of the molecule is Cn1nc(-c2ccc(NC(=O)c3ccccc3Cl)cc2)cc1NC(=O)c1cccc(CNC(=O)O)c1. The van der Waals surface area contributed by atoms with Crippen molar-refractivity contribution in [3.8, 4) is 11.3 Å². The largest absolute Gasteiger partial charge is 0.465 e. The van der Waals surface area contributed by atoms with Gasteiger partial charge in [-0.25, -0.2) is 4.79 Å². The van der Waals surface area contributed by atoms with E-state index < -0.39 is 6.09 Å². The van der Waals surface area contributed by atoms with Gasteiger partial charge in [0.15, 0.2) is 0 Å². The fraction of sp³-hybridized carbons (Fsp3) is 0.0769. The summed E-state index contributed by atoms with van der Waals surface area (Å²) in [6.45, 7) is 0.0984. The van der Waals surface area contributed by atoms with Crippen LogP contribution in [0.25, 0.3) is 11.3 Å². The molecule has 1 aromatic heterocycles. The molecule has 3 amide bonds. The van der Waals surface area contributed by atoms with Gasteiger partial charge in [0.1, 0.15) is 5.82 Å². The molecule has 0 saturated heterocycles. The number of hydrogen-bond donors (Lipinski definition) is 4. The fourth-order valence-corrected chi connectivity index (χ4v) is 3.70. The molecule has 0 aliphatic rings. The number of nitrogens with zero attached hydrogens (tertiary/aromatic N) is 2. The highest BCUT2D eigenvalue weighted by Gasteiger charge is 2.14. The van der Waals surface area contributed by atoms with Gasteiger partial charge in [0.05, 0.1) is 16.3 Å². The Labute approximate surface area is 211 Å². The van der Waals surface area contributed by atoms with E-state index in [2.05, 4.69) is 21.0 Å². The molecule has 4 N–H and O–H groups in total. The van der Waals surface area contributed by atoms with Crippen LogP contribution in [0.1, 0.15) is 26.3 Å². The van der Waals surface area contributed by atoms with Gasteiger partial charge in [0.2, 0.25) is 0 Å². The lowest BCUT2D eigenvalue weighted by molar-refractivity contribution is 0.101. The van der Waals surface area contributed by atoms with Gasteiger partial charge >= 0.3 is 6.09 Å². The van der Waals surface area contributed by atoms with E-state index in [4.69, 9.17) is 16.7 Å².